The van der Waals surface area contributed by atoms with Crippen LogP contribution in [0.1, 0.15) is 41.0 Å². The highest BCUT2D eigenvalue weighted by atomic mass is 35.5. The van der Waals surface area contributed by atoms with Crippen LogP contribution in [0.25, 0.3) is 11.5 Å². The zero-order valence-electron chi connectivity index (χ0n) is 21.6. The molecular formula is C31H27ClFN5O. The van der Waals surface area contributed by atoms with Crippen LogP contribution in [0.15, 0.2) is 91.1 Å². The number of hydrogen-bond donors (Lipinski definition) is 1. The van der Waals surface area contributed by atoms with Gasteiger partial charge in [-0.1, -0.05) is 54.9 Å². The van der Waals surface area contributed by atoms with Crippen LogP contribution in [0.3, 0.4) is 0 Å². The summed E-state index contributed by atoms with van der Waals surface area (Å²) in [7, 11) is 0. The average Bonchev–Trinajstić information content (AvgIpc) is 3.52. The number of rotatable bonds is 4. The number of fused-ring (bicyclic) bond motifs is 3. The van der Waals surface area contributed by atoms with Gasteiger partial charge in [0, 0.05) is 22.5 Å². The molecule has 1 unspecified atom stereocenters. The zero-order valence-corrected chi connectivity index (χ0v) is 22.4. The van der Waals surface area contributed by atoms with Crippen molar-refractivity contribution in [2.24, 2.45) is 0 Å². The maximum absolute atomic E-state index is 14.5. The lowest BCUT2D eigenvalue weighted by Crippen LogP contribution is -2.38. The molecule has 8 heteroatoms. The molecule has 0 bridgehead atoms. The summed E-state index contributed by atoms with van der Waals surface area (Å²) in [5, 5.41) is 8.56. The average molecular weight is 540 g/mol. The lowest BCUT2D eigenvalue weighted by Gasteiger charge is -2.31. The zero-order chi connectivity index (χ0) is 27.1. The standard InChI is InChI=1S/C31H27ClFN5O/c1-3-27-25-19-37(31(39)34-23-15-14-20(2)26(32)18-23)29(21-9-7-10-22(33)17-21)28-13-8-16-36(28)30(25)38(35-27)24-11-5-4-6-12-24/h4-18,29H,3,19H2,1-2H3,(H,34,39). The Morgan fingerprint density at radius 3 is 2.62 bits per heavy atom. The van der Waals surface area contributed by atoms with Gasteiger partial charge in [0.25, 0.3) is 0 Å². The molecule has 0 aliphatic carbocycles. The summed E-state index contributed by atoms with van der Waals surface area (Å²) >= 11 is 6.35. The maximum Gasteiger partial charge on any atom is 0.322 e. The van der Waals surface area contributed by atoms with Crippen molar-refractivity contribution in [1.29, 1.82) is 0 Å². The summed E-state index contributed by atoms with van der Waals surface area (Å²) in [5.74, 6) is 0.510. The number of benzene rings is 3. The number of aromatic nitrogens is 3. The molecule has 1 aliphatic heterocycles. The molecule has 1 aliphatic rings. The van der Waals surface area contributed by atoms with Gasteiger partial charge in [-0.3, -0.25) is 0 Å². The maximum atomic E-state index is 14.5. The fourth-order valence-electron chi connectivity index (χ4n) is 5.24. The Hall–Kier alpha value is -4.36. The van der Waals surface area contributed by atoms with Crippen molar-refractivity contribution in [3.63, 3.8) is 0 Å². The molecule has 6 nitrogen and oxygen atoms in total. The first kappa shape index (κ1) is 24.9. The number of halogens is 2. The Morgan fingerprint density at radius 2 is 1.87 bits per heavy atom. The van der Waals surface area contributed by atoms with Crippen molar-refractivity contribution in [3.05, 3.63) is 130 Å². The molecule has 0 radical (unpaired) electrons. The smallest absolute Gasteiger partial charge is 0.308 e. The summed E-state index contributed by atoms with van der Waals surface area (Å²) in [6, 6.07) is 24.9. The normalized spacial score (nSPS) is 14.5. The van der Waals surface area contributed by atoms with Crippen LogP contribution >= 0.6 is 11.6 Å². The Balaban J connectivity index is 1.55. The second-order valence-electron chi connectivity index (χ2n) is 9.63. The van der Waals surface area contributed by atoms with E-state index in [1.165, 1.54) is 12.1 Å². The third-order valence-corrected chi connectivity index (χ3v) is 7.56. The van der Waals surface area contributed by atoms with Gasteiger partial charge in [0.2, 0.25) is 0 Å². The first-order chi connectivity index (χ1) is 18.9. The number of nitrogens with zero attached hydrogens (tertiary/aromatic N) is 4. The highest BCUT2D eigenvalue weighted by Crippen LogP contribution is 2.39. The first-order valence-corrected chi connectivity index (χ1v) is 13.3. The van der Waals surface area contributed by atoms with Gasteiger partial charge in [-0.25, -0.2) is 13.9 Å². The largest absolute Gasteiger partial charge is 0.322 e. The molecule has 6 rings (SSSR count). The van der Waals surface area contributed by atoms with Crippen LogP contribution in [0, 0.1) is 12.7 Å². The molecule has 1 N–H and O–H groups in total. The highest BCUT2D eigenvalue weighted by Gasteiger charge is 2.36. The minimum Gasteiger partial charge on any atom is -0.308 e. The minimum atomic E-state index is -0.557. The van der Waals surface area contributed by atoms with Crippen molar-refractivity contribution >= 4 is 23.3 Å². The van der Waals surface area contributed by atoms with Crippen LogP contribution in [0.5, 0.6) is 0 Å². The number of carbonyl (C=O) groups excluding carboxylic acids is 1. The summed E-state index contributed by atoms with van der Waals surface area (Å²) in [6.07, 6.45) is 2.66. The molecule has 5 aromatic rings. The Labute approximate surface area is 231 Å². The number of aryl methyl sites for hydroxylation is 2. The topological polar surface area (TPSA) is 55.1 Å². The van der Waals surface area contributed by atoms with Gasteiger partial charge in [0.15, 0.2) is 0 Å². The van der Waals surface area contributed by atoms with E-state index in [2.05, 4.69) is 16.8 Å². The lowest BCUT2D eigenvalue weighted by atomic mass is 10.0. The van der Waals surface area contributed by atoms with Crippen LogP contribution in [-0.4, -0.2) is 25.3 Å². The lowest BCUT2D eigenvalue weighted by molar-refractivity contribution is 0.194. The van der Waals surface area contributed by atoms with Crippen molar-refractivity contribution in [3.8, 4) is 11.5 Å². The van der Waals surface area contributed by atoms with Crippen molar-refractivity contribution in [2.45, 2.75) is 32.9 Å². The third-order valence-electron chi connectivity index (χ3n) is 7.15. The highest BCUT2D eigenvalue weighted by molar-refractivity contribution is 6.31. The van der Waals surface area contributed by atoms with Crippen LogP contribution < -0.4 is 5.32 Å². The van der Waals surface area contributed by atoms with E-state index in [0.29, 0.717) is 22.7 Å². The molecule has 3 aromatic carbocycles. The van der Waals surface area contributed by atoms with E-state index in [4.69, 9.17) is 16.7 Å². The van der Waals surface area contributed by atoms with Crippen molar-refractivity contribution < 1.29 is 9.18 Å². The second kappa shape index (κ2) is 10.1. The molecule has 1 atom stereocenters. The van der Waals surface area contributed by atoms with Gasteiger partial charge in [-0.2, -0.15) is 5.10 Å². The van der Waals surface area contributed by atoms with Crippen LogP contribution in [0.4, 0.5) is 14.9 Å². The van der Waals surface area contributed by atoms with E-state index in [0.717, 1.165) is 34.0 Å². The summed E-state index contributed by atoms with van der Waals surface area (Å²) in [4.78, 5) is 15.8. The Morgan fingerprint density at radius 1 is 1.05 bits per heavy atom. The summed E-state index contributed by atoms with van der Waals surface area (Å²) in [6.45, 7) is 4.25. The molecule has 2 amide bonds. The fourth-order valence-corrected chi connectivity index (χ4v) is 5.42. The van der Waals surface area contributed by atoms with Crippen molar-refractivity contribution in [2.75, 3.05) is 5.32 Å². The molecule has 0 saturated carbocycles. The molecule has 0 saturated heterocycles. The van der Waals surface area contributed by atoms with Gasteiger partial charge in [0.1, 0.15) is 11.6 Å². The van der Waals surface area contributed by atoms with E-state index < -0.39 is 6.04 Å². The van der Waals surface area contributed by atoms with Gasteiger partial charge in [-0.05, 0) is 73.0 Å². The van der Waals surface area contributed by atoms with Crippen molar-refractivity contribution in [1.82, 2.24) is 19.2 Å². The molecule has 196 valence electrons. The molecule has 2 aromatic heterocycles. The number of amides is 2. The number of urea groups is 1. The number of anilines is 1. The SMILES string of the molecule is CCc1nn(-c2ccccc2)c2c1CN(C(=O)Nc1ccc(C)c(Cl)c1)C(c1cccc(F)c1)c1cccn1-2. The van der Waals surface area contributed by atoms with Crippen LogP contribution in [-0.2, 0) is 13.0 Å². The van der Waals surface area contributed by atoms with Gasteiger partial charge in [-0.15, -0.1) is 0 Å². The van der Waals surface area contributed by atoms with Gasteiger partial charge < -0.3 is 14.8 Å². The van der Waals surface area contributed by atoms with E-state index >= 15 is 0 Å². The number of hydrogen-bond acceptors (Lipinski definition) is 2. The molecule has 0 fully saturated rings. The third kappa shape index (κ3) is 4.49. The van der Waals surface area contributed by atoms with Gasteiger partial charge >= 0.3 is 6.03 Å². The van der Waals surface area contributed by atoms with E-state index in [-0.39, 0.29) is 18.4 Å². The summed E-state index contributed by atoms with van der Waals surface area (Å²) in [5.41, 5.74) is 5.77. The van der Waals surface area contributed by atoms with Gasteiger partial charge in [0.05, 0.1) is 29.7 Å². The second-order valence-corrected chi connectivity index (χ2v) is 10.0. The molecule has 0 spiro atoms. The van der Waals surface area contributed by atoms with Crippen LogP contribution in [0.2, 0.25) is 5.02 Å². The monoisotopic (exact) mass is 539 g/mol. The van der Waals surface area contributed by atoms with E-state index in [1.807, 2.05) is 78.5 Å². The summed E-state index contributed by atoms with van der Waals surface area (Å²) < 4.78 is 18.5. The predicted molar refractivity (Wildman–Crippen MR) is 151 cm³/mol. The molecule has 3 heterocycles. The Kier molecular flexibility index (Phi) is 6.45. The predicted octanol–water partition coefficient (Wildman–Crippen LogP) is 7.46. The molecule has 39 heavy (non-hydrogen) atoms. The fraction of sp³-hybridized carbons (Fsp3) is 0.161. The first-order valence-electron chi connectivity index (χ1n) is 12.9. The molecular weight excluding hydrogens is 513 g/mol. The number of nitrogens with one attached hydrogen (secondary N) is 1. The van der Waals surface area contributed by atoms with E-state index in [9.17, 15) is 9.18 Å². The number of para-hydroxylation sites is 1. The quantitative estimate of drug-likeness (QED) is 0.258. The Bertz CT molecular complexity index is 1680. The minimum absolute atomic E-state index is 0.277. The number of carbonyl (C=O) groups is 1. The van der Waals surface area contributed by atoms with E-state index in [1.54, 1.807) is 17.0 Å².